The highest BCUT2D eigenvalue weighted by Gasteiger charge is 2.44. The second kappa shape index (κ2) is 5.78. The highest BCUT2D eigenvalue weighted by Crippen LogP contribution is 2.33. The number of hydrogen-bond acceptors (Lipinski definition) is 4. The first-order valence-corrected chi connectivity index (χ1v) is 6.15. The summed E-state index contributed by atoms with van der Waals surface area (Å²) in [5, 5.41) is 19.9. The van der Waals surface area contributed by atoms with Gasteiger partial charge in [0.1, 0.15) is 17.7 Å². The fourth-order valence-electron chi connectivity index (χ4n) is 2.10. The van der Waals surface area contributed by atoms with Gasteiger partial charge in [-0.15, -0.1) is 0 Å². The maximum atomic E-state index is 12.5. The summed E-state index contributed by atoms with van der Waals surface area (Å²) in [6, 6.07) is 7.81. The monoisotopic (exact) mass is 306 g/mol. The number of nitrogens with zero attached hydrogens (tertiary/aromatic N) is 3. The topological polar surface area (TPSA) is 79.9 Å². The summed E-state index contributed by atoms with van der Waals surface area (Å²) in [6.45, 7) is -0.0331. The number of anilines is 2. The Labute approximate surface area is 123 Å². The molecule has 22 heavy (non-hydrogen) atoms. The van der Waals surface area contributed by atoms with Crippen molar-refractivity contribution in [1.82, 2.24) is 0 Å². The van der Waals surface area contributed by atoms with Gasteiger partial charge in [0.15, 0.2) is 0 Å². The Kier molecular flexibility index (Phi) is 4.04. The molecule has 0 aromatic heterocycles. The molecule has 0 saturated heterocycles. The third-order valence-corrected chi connectivity index (χ3v) is 3.09. The molecule has 1 aromatic rings. The third kappa shape index (κ3) is 3.01. The lowest BCUT2D eigenvalue weighted by Crippen LogP contribution is -2.40. The van der Waals surface area contributed by atoms with Crippen LogP contribution in [0.25, 0.3) is 0 Å². The van der Waals surface area contributed by atoms with Crippen molar-refractivity contribution >= 4 is 17.3 Å². The number of allylic oxidation sites excluding steroid dienone is 1. The van der Waals surface area contributed by atoms with Crippen molar-refractivity contribution in [2.75, 3.05) is 16.8 Å². The molecule has 1 heterocycles. The second-order valence-electron chi connectivity index (χ2n) is 4.47. The minimum absolute atomic E-state index is 0.0331. The molecule has 0 fully saturated rings. The van der Waals surface area contributed by atoms with Gasteiger partial charge in [-0.1, -0.05) is 0 Å². The molecule has 1 amide bonds. The molecule has 0 aliphatic carbocycles. The molecule has 0 saturated carbocycles. The van der Waals surface area contributed by atoms with Gasteiger partial charge in [-0.05, 0) is 30.2 Å². The standard InChI is InChI=1S/C14H9F3N4O/c15-14(16,17)13(22)21-4-3-10-5-11(1-2-12(10)21)20-8-9(6-18)7-19/h1-2,5,8,20H,3-4H2. The number of hydrogen-bond donors (Lipinski definition) is 1. The summed E-state index contributed by atoms with van der Waals surface area (Å²) in [5.74, 6) is -1.89. The van der Waals surface area contributed by atoms with E-state index < -0.39 is 12.1 Å². The van der Waals surface area contributed by atoms with Crippen LogP contribution in [-0.2, 0) is 11.2 Å². The van der Waals surface area contributed by atoms with Crippen molar-refractivity contribution in [2.45, 2.75) is 12.6 Å². The van der Waals surface area contributed by atoms with Crippen molar-refractivity contribution in [3.05, 3.63) is 35.5 Å². The minimum Gasteiger partial charge on any atom is -0.360 e. The molecule has 0 atom stereocenters. The van der Waals surface area contributed by atoms with Gasteiger partial charge in [-0.3, -0.25) is 4.79 Å². The van der Waals surface area contributed by atoms with E-state index >= 15 is 0 Å². The lowest BCUT2D eigenvalue weighted by molar-refractivity contribution is -0.170. The fraction of sp³-hybridized carbons (Fsp3) is 0.214. The van der Waals surface area contributed by atoms with Crippen LogP contribution < -0.4 is 10.2 Å². The minimum atomic E-state index is -4.91. The fourth-order valence-corrected chi connectivity index (χ4v) is 2.10. The maximum absolute atomic E-state index is 12.5. The first-order chi connectivity index (χ1) is 10.4. The number of benzene rings is 1. The van der Waals surface area contributed by atoms with Crippen LogP contribution in [0.2, 0.25) is 0 Å². The molecule has 8 heteroatoms. The molecule has 1 N–H and O–H groups in total. The molecule has 0 radical (unpaired) electrons. The number of fused-ring (bicyclic) bond motifs is 1. The lowest BCUT2D eigenvalue weighted by Gasteiger charge is -2.18. The van der Waals surface area contributed by atoms with E-state index in [1.165, 1.54) is 18.3 Å². The zero-order valence-corrected chi connectivity index (χ0v) is 11.1. The summed E-state index contributed by atoms with van der Waals surface area (Å²) in [4.78, 5) is 12.0. The zero-order chi connectivity index (χ0) is 16.3. The van der Waals surface area contributed by atoms with Crippen molar-refractivity contribution in [2.24, 2.45) is 0 Å². The van der Waals surface area contributed by atoms with Gasteiger partial charge >= 0.3 is 12.1 Å². The van der Waals surface area contributed by atoms with E-state index in [4.69, 9.17) is 10.5 Å². The van der Waals surface area contributed by atoms with Gasteiger partial charge < -0.3 is 10.2 Å². The maximum Gasteiger partial charge on any atom is 0.471 e. The van der Waals surface area contributed by atoms with E-state index in [1.54, 1.807) is 18.2 Å². The normalized spacial score (nSPS) is 12.9. The number of nitrogens with one attached hydrogen (secondary N) is 1. The van der Waals surface area contributed by atoms with E-state index in [9.17, 15) is 18.0 Å². The SMILES string of the molecule is N#CC(C#N)=CNc1ccc2c(c1)CCN2C(=O)C(F)(F)F. The van der Waals surface area contributed by atoms with E-state index in [0.717, 1.165) is 0 Å². The predicted octanol–water partition coefficient (Wildman–Crippen LogP) is 2.48. The van der Waals surface area contributed by atoms with Crippen molar-refractivity contribution in [1.29, 1.82) is 10.5 Å². The molecule has 112 valence electrons. The molecule has 2 rings (SSSR count). The molecule has 0 bridgehead atoms. The molecule has 5 nitrogen and oxygen atoms in total. The summed E-state index contributed by atoms with van der Waals surface area (Å²) in [7, 11) is 0. The predicted molar refractivity (Wildman–Crippen MR) is 71.5 cm³/mol. The van der Waals surface area contributed by atoms with Crippen LogP contribution in [0.4, 0.5) is 24.5 Å². The Hall–Kier alpha value is -3.00. The number of rotatable bonds is 2. The van der Waals surface area contributed by atoms with Crippen LogP contribution in [0, 0.1) is 22.7 Å². The highest BCUT2D eigenvalue weighted by molar-refractivity contribution is 5.99. The number of halogens is 3. The molecular formula is C14H9F3N4O. The van der Waals surface area contributed by atoms with Crippen molar-refractivity contribution in [3.8, 4) is 12.1 Å². The molecular weight excluding hydrogens is 297 g/mol. The van der Waals surface area contributed by atoms with Gasteiger partial charge in [0.25, 0.3) is 0 Å². The number of nitriles is 2. The number of amides is 1. The molecule has 1 aliphatic rings. The Bertz CT molecular complexity index is 709. The first-order valence-electron chi connectivity index (χ1n) is 6.15. The largest absolute Gasteiger partial charge is 0.471 e. The first kappa shape index (κ1) is 15.4. The third-order valence-electron chi connectivity index (χ3n) is 3.09. The Morgan fingerprint density at radius 2 is 2.00 bits per heavy atom. The summed E-state index contributed by atoms with van der Waals surface area (Å²) in [5.41, 5.74) is 1.20. The van der Waals surface area contributed by atoms with Crippen LogP contribution in [0.3, 0.4) is 0 Å². The zero-order valence-electron chi connectivity index (χ0n) is 11.1. The smallest absolute Gasteiger partial charge is 0.360 e. The number of carbonyl (C=O) groups excluding carboxylic acids is 1. The Morgan fingerprint density at radius 1 is 1.32 bits per heavy atom. The molecule has 0 unspecified atom stereocenters. The summed E-state index contributed by atoms with van der Waals surface area (Å²) < 4.78 is 37.5. The van der Waals surface area contributed by atoms with Gasteiger partial charge in [0.05, 0.1) is 0 Å². The Morgan fingerprint density at radius 3 is 2.59 bits per heavy atom. The quantitative estimate of drug-likeness (QED) is 0.851. The number of carbonyl (C=O) groups is 1. The average molecular weight is 306 g/mol. The van der Waals surface area contributed by atoms with Crippen molar-refractivity contribution < 1.29 is 18.0 Å². The van der Waals surface area contributed by atoms with Crippen LogP contribution >= 0.6 is 0 Å². The van der Waals surface area contributed by atoms with E-state index in [1.807, 2.05) is 0 Å². The van der Waals surface area contributed by atoms with Crippen LogP contribution in [-0.4, -0.2) is 18.6 Å². The lowest BCUT2D eigenvalue weighted by atomic mass is 10.1. The van der Waals surface area contributed by atoms with Gasteiger partial charge in [0.2, 0.25) is 0 Å². The van der Waals surface area contributed by atoms with Crippen LogP contribution in [0.15, 0.2) is 30.0 Å². The Balaban J connectivity index is 2.22. The van der Waals surface area contributed by atoms with Crippen LogP contribution in [0.5, 0.6) is 0 Å². The molecule has 0 spiro atoms. The van der Waals surface area contributed by atoms with Crippen LogP contribution in [0.1, 0.15) is 5.56 Å². The van der Waals surface area contributed by atoms with Crippen molar-refractivity contribution in [3.63, 3.8) is 0 Å². The van der Waals surface area contributed by atoms with E-state index in [2.05, 4.69) is 5.32 Å². The van der Waals surface area contributed by atoms with E-state index in [0.29, 0.717) is 22.6 Å². The molecule has 1 aromatic carbocycles. The summed E-state index contributed by atoms with van der Waals surface area (Å²) >= 11 is 0. The average Bonchev–Trinajstić information content (AvgIpc) is 2.89. The highest BCUT2D eigenvalue weighted by atomic mass is 19.4. The van der Waals surface area contributed by atoms with Gasteiger partial charge in [-0.25, -0.2) is 0 Å². The summed E-state index contributed by atoms with van der Waals surface area (Å²) in [6.07, 6.45) is -3.40. The second-order valence-corrected chi connectivity index (χ2v) is 4.47. The van der Waals surface area contributed by atoms with Gasteiger partial charge in [0, 0.05) is 24.1 Å². The molecule has 1 aliphatic heterocycles. The van der Waals surface area contributed by atoms with Gasteiger partial charge in [-0.2, -0.15) is 23.7 Å². The van der Waals surface area contributed by atoms with E-state index in [-0.39, 0.29) is 17.8 Å². The number of alkyl halides is 3.